The van der Waals surface area contributed by atoms with E-state index in [4.69, 9.17) is 10.5 Å². The number of anilines is 1. The molecule has 1 unspecified atom stereocenters. The van der Waals surface area contributed by atoms with Crippen LogP contribution in [-0.2, 0) is 11.2 Å². The third-order valence-corrected chi connectivity index (χ3v) is 2.66. The SMILES string of the molecule is COC(C)(C)CC(O)Cc1cccnc1N. The van der Waals surface area contributed by atoms with Crippen LogP contribution in [0, 0.1) is 0 Å². The molecular formula is C12H20N2O2. The molecule has 0 aliphatic carbocycles. The number of aliphatic hydroxyl groups is 1. The molecule has 90 valence electrons. The van der Waals surface area contributed by atoms with Gasteiger partial charge in [0.15, 0.2) is 0 Å². The Balaban J connectivity index is 2.58. The van der Waals surface area contributed by atoms with Crippen LogP contribution in [0.3, 0.4) is 0 Å². The number of aromatic nitrogens is 1. The van der Waals surface area contributed by atoms with Gasteiger partial charge in [-0.3, -0.25) is 0 Å². The minimum absolute atomic E-state index is 0.323. The molecule has 1 rings (SSSR count). The lowest BCUT2D eigenvalue weighted by Crippen LogP contribution is -2.30. The molecule has 0 radical (unpaired) electrons. The van der Waals surface area contributed by atoms with Gasteiger partial charge >= 0.3 is 0 Å². The monoisotopic (exact) mass is 224 g/mol. The highest BCUT2D eigenvalue weighted by atomic mass is 16.5. The number of ether oxygens (including phenoxy) is 1. The Bertz CT molecular complexity index is 340. The molecule has 0 spiro atoms. The quantitative estimate of drug-likeness (QED) is 0.793. The number of methoxy groups -OCH3 is 1. The minimum atomic E-state index is -0.471. The van der Waals surface area contributed by atoms with Gasteiger partial charge in [0.25, 0.3) is 0 Å². The maximum absolute atomic E-state index is 9.93. The number of aliphatic hydroxyl groups excluding tert-OH is 1. The molecule has 3 N–H and O–H groups in total. The summed E-state index contributed by atoms with van der Waals surface area (Å²) in [6, 6.07) is 3.70. The van der Waals surface area contributed by atoms with Gasteiger partial charge in [-0.25, -0.2) is 4.98 Å². The number of hydrogen-bond donors (Lipinski definition) is 2. The highest BCUT2D eigenvalue weighted by Crippen LogP contribution is 2.19. The summed E-state index contributed by atoms with van der Waals surface area (Å²) < 4.78 is 5.27. The molecule has 0 aliphatic rings. The summed E-state index contributed by atoms with van der Waals surface area (Å²) in [5.74, 6) is 0.483. The first-order valence-corrected chi connectivity index (χ1v) is 5.37. The average molecular weight is 224 g/mol. The summed E-state index contributed by atoms with van der Waals surface area (Å²) >= 11 is 0. The summed E-state index contributed by atoms with van der Waals surface area (Å²) in [7, 11) is 1.64. The van der Waals surface area contributed by atoms with E-state index < -0.39 is 6.10 Å². The number of nitrogens with two attached hydrogens (primary N) is 1. The molecule has 0 aliphatic heterocycles. The number of hydrogen-bond acceptors (Lipinski definition) is 4. The van der Waals surface area contributed by atoms with Crippen LogP contribution in [0.25, 0.3) is 0 Å². The van der Waals surface area contributed by atoms with E-state index >= 15 is 0 Å². The predicted molar refractivity (Wildman–Crippen MR) is 64.1 cm³/mol. The molecule has 0 saturated heterocycles. The Labute approximate surface area is 96.5 Å². The second-order valence-electron chi connectivity index (χ2n) is 4.57. The summed E-state index contributed by atoms with van der Waals surface area (Å²) in [5.41, 5.74) is 6.27. The van der Waals surface area contributed by atoms with E-state index in [1.807, 2.05) is 26.0 Å². The third kappa shape index (κ3) is 3.79. The van der Waals surface area contributed by atoms with Gasteiger partial charge in [-0.1, -0.05) is 6.07 Å². The Morgan fingerprint density at radius 3 is 2.81 bits per heavy atom. The zero-order chi connectivity index (χ0) is 12.2. The first kappa shape index (κ1) is 12.9. The highest BCUT2D eigenvalue weighted by molar-refractivity contribution is 5.38. The molecule has 0 bridgehead atoms. The fourth-order valence-electron chi connectivity index (χ4n) is 1.60. The molecule has 0 aromatic carbocycles. The van der Waals surface area contributed by atoms with Gasteiger partial charge in [0, 0.05) is 26.1 Å². The summed E-state index contributed by atoms with van der Waals surface area (Å²) in [5, 5.41) is 9.93. The van der Waals surface area contributed by atoms with Crippen molar-refractivity contribution in [1.29, 1.82) is 0 Å². The summed E-state index contributed by atoms with van der Waals surface area (Å²) in [6.07, 6.45) is 2.25. The van der Waals surface area contributed by atoms with Crippen molar-refractivity contribution in [2.45, 2.75) is 38.4 Å². The highest BCUT2D eigenvalue weighted by Gasteiger charge is 2.22. The lowest BCUT2D eigenvalue weighted by Gasteiger charge is -2.25. The maximum Gasteiger partial charge on any atom is 0.126 e. The van der Waals surface area contributed by atoms with Crippen molar-refractivity contribution in [2.24, 2.45) is 0 Å². The first-order chi connectivity index (χ1) is 7.44. The Morgan fingerprint density at radius 2 is 2.25 bits per heavy atom. The Hall–Kier alpha value is -1.13. The number of nitrogen functional groups attached to an aromatic ring is 1. The second kappa shape index (κ2) is 5.27. The zero-order valence-corrected chi connectivity index (χ0v) is 10.1. The van der Waals surface area contributed by atoms with E-state index in [1.54, 1.807) is 13.3 Å². The largest absolute Gasteiger partial charge is 0.393 e. The van der Waals surface area contributed by atoms with Crippen molar-refractivity contribution < 1.29 is 9.84 Å². The average Bonchev–Trinajstić information content (AvgIpc) is 2.21. The second-order valence-corrected chi connectivity index (χ2v) is 4.57. The van der Waals surface area contributed by atoms with Crippen LogP contribution >= 0.6 is 0 Å². The van der Waals surface area contributed by atoms with Crippen molar-refractivity contribution in [3.63, 3.8) is 0 Å². The van der Waals surface area contributed by atoms with Crippen molar-refractivity contribution in [3.05, 3.63) is 23.9 Å². The molecule has 16 heavy (non-hydrogen) atoms. The number of pyridine rings is 1. The van der Waals surface area contributed by atoms with E-state index in [0.717, 1.165) is 5.56 Å². The molecule has 1 aromatic rings. The molecule has 1 heterocycles. The van der Waals surface area contributed by atoms with Gasteiger partial charge < -0.3 is 15.6 Å². The lowest BCUT2D eigenvalue weighted by atomic mass is 9.96. The fourth-order valence-corrected chi connectivity index (χ4v) is 1.60. The minimum Gasteiger partial charge on any atom is -0.393 e. The van der Waals surface area contributed by atoms with E-state index in [2.05, 4.69) is 4.98 Å². The topological polar surface area (TPSA) is 68.4 Å². The van der Waals surface area contributed by atoms with Crippen molar-refractivity contribution in [1.82, 2.24) is 4.98 Å². The van der Waals surface area contributed by atoms with E-state index in [1.165, 1.54) is 0 Å². The van der Waals surface area contributed by atoms with Crippen molar-refractivity contribution in [2.75, 3.05) is 12.8 Å². The molecule has 0 fully saturated rings. The van der Waals surface area contributed by atoms with E-state index in [-0.39, 0.29) is 5.60 Å². The number of nitrogens with zero attached hydrogens (tertiary/aromatic N) is 1. The Kier molecular flexibility index (Phi) is 4.26. The number of rotatable bonds is 5. The van der Waals surface area contributed by atoms with Gasteiger partial charge in [-0.05, 0) is 25.5 Å². The zero-order valence-electron chi connectivity index (χ0n) is 10.1. The predicted octanol–water partition coefficient (Wildman–Crippen LogP) is 1.38. The van der Waals surface area contributed by atoms with Gasteiger partial charge in [0.2, 0.25) is 0 Å². The van der Waals surface area contributed by atoms with Crippen LogP contribution in [-0.4, -0.2) is 28.9 Å². The van der Waals surface area contributed by atoms with Crippen molar-refractivity contribution in [3.8, 4) is 0 Å². The molecule has 1 atom stereocenters. The van der Waals surface area contributed by atoms with Crippen LogP contribution in [0.4, 0.5) is 5.82 Å². The van der Waals surface area contributed by atoms with Gasteiger partial charge in [0.1, 0.15) is 5.82 Å². The lowest BCUT2D eigenvalue weighted by molar-refractivity contribution is -0.0190. The van der Waals surface area contributed by atoms with Crippen LogP contribution in [0.15, 0.2) is 18.3 Å². The van der Waals surface area contributed by atoms with Gasteiger partial charge in [0.05, 0.1) is 11.7 Å². The van der Waals surface area contributed by atoms with E-state index in [9.17, 15) is 5.11 Å². The van der Waals surface area contributed by atoms with E-state index in [0.29, 0.717) is 18.7 Å². The summed E-state index contributed by atoms with van der Waals surface area (Å²) in [4.78, 5) is 3.98. The van der Waals surface area contributed by atoms with Crippen LogP contribution in [0.2, 0.25) is 0 Å². The smallest absolute Gasteiger partial charge is 0.126 e. The molecular weight excluding hydrogens is 204 g/mol. The van der Waals surface area contributed by atoms with Crippen LogP contribution < -0.4 is 5.73 Å². The normalized spacial score (nSPS) is 13.8. The first-order valence-electron chi connectivity index (χ1n) is 5.37. The van der Waals surface area contributed by atoms with Crippen LogP contribution in [0.5, 0.6) is 0 Å². The molecule has 4 nitrogen and oxygen atoms in total. The van der Waals surface area contributed by atoms with Crippen molar-refractivity contribution >= 4 is 5.82 Å². The van der Waals surface area contributed by atoms with Gasteiger partial charge in [-0.2, -0.15) is 0 Å². The molecule has 0 saturated carbocycles. The Morgan fingerprint density at radius 1 is 1.56 bits per heavy atom. The molecule has 0 amide bonds. The molecule has 4 heteroatoms. The molecule has 1 aromatic heterocycles. The van der Waals surface area contributed by atoms with Gasteiger partial charge in [-0.15, -0.1) is 0 Å². The summed E-state index contributed by atoms with van der Waals surface area (Å²) in [6.45, 7) is 3.89. The van der Waals surface area contributed by atoms with Crippen LogP contribution in [0.1, 0.15) is 25.8 Å². The standard InChI is InChI=1S/C12H20N2O2/c1-12(2,16-3)8-10(15)7-9-5-4-6-14-11(9)13/h4-6,10,15H,7-8H2,1-3H3,(H2,13,14). The maximum atomic E-state index is 9.93. The fraction of sp³-hybridized carbons (Fsp3) is 0.583. The third-order valence-electron chi connectivity index (χ3n) is 2.66.